The zero-order valence-electron chi connectivity index (χ0n) is 11.5. The van der Waals surface area contributed by atoms with Crippen molar-refractivity contribution in [2.75, 3.05) is 6.54 Å². The van der Waals surface area contributed by atoms with Crippen molar-refractivity contribution in [1.29, 1.82) is 0 Å². The molecule has 0 saturated carbocycles. The molecule has 0 aliphatic rings. The number of aliphatic hydroxyl groups is 1. The number of benzene rings is 2. The van der Waals surface area contributed by atoms with Gasteiger partial charge in [-0.1, -0.05) is 30.3 Å². The molecule has 108 valence electrons. The molecule has 4 heteroatoms. The van der Waals surface area contributed by atoms with Crippen LogP contribution >= 0.6 is 0 Å². The van der Waals surface area contributed by atoms with E-state index in [1.165, 1.54) is 12.1 Å². The Bertz CT molecular complexity index is 739. The Morgan fingerprint density at radius 1 is 1.10 bits per heavy atom. The number of aromatic nitrogens is 1. The molecule has 2 atom stereocenters. The zero-order valence-corrected chi connectivity index (χ0v) is 11.5. The van der Waals surface area contributed by atoms with Gasteiger partial charge in [-0.25, -0.2) is 4.39 Å². The molecular weight excluding hydrogens is 267 g/mol. The lowest BCUT2D eigenvalue weighted by atomic mass is 10.0. The van der Waals surface area contributed by atoms with Gasteiger partial charge in [0.2, 0.25) is 0 Å². The molecule has 0 bridgehead atoms. The van der Waals surface area contributed by atoms with Crippen LogP contribution in [0.2, 0.25) is 0 Å². The van der Waals surface area contributed by atoms with Crippen molar-refractivity contribution in [3.63, 3.8) is 0 Å². The molecule has 1 aromatic heterocycles. The summed E-state index contributed by atoms with van der Waals surface area (Å²) in [5, 5.41) is 11.1. The lowest BCUT2D eigenvalue weighted by Crippen LogP contribution is -2.31. The van der Waals surface area contributed by atoms with Crippen LogP contribution in [-0.4, -0.2) is 22.3 Å². The van der Waals surface area contributed by atoms with E-state index in [4.69, 9.17) is 5.73 Å². The van der Waals surface area contributed by atoms with E-state index >= 15 is 0 Å². The largest absolute Gasteiger partial charge is 0.389 e. The summed E-state index contributed by atoms with van der Waals surface area (Å²) < 4.78 is 15.3. The summed E-state index contributed by atoms with van der Waals surface area (Å²) in [5.74, 6) is -0.268. The molecule has 0 fully saturated rings. The maximum absolute atomic E-state index is 13.3. The highest BCUT2D eigenvalue weighted by Crippen LogP contribution is 2.28. The molecule has 21 heavy (non-hydrogen) atoms. The predicted molar refractivity (Wildman–Crippen MR) is 81.5 cm³/mol. The first kappa shape index (κ1) is 13.8. The van der Waals surface area contributed by atoms with Crippen molar-refractivity contribution >= 4 is 10.9 Å². The van der Waals surface area contributed by atoms with Gasteiger partial charge in [-0.05, 0) is 29.8 Å². The second-order valence-electron chi connectivity index (χ2n) is 5.08. The van der Waals surface area contributed by atoms with E-state index in [-0.39, 0.29) is 18.4 Å². The molecule has 0 aliphatic carbocycles. The first-order valence-corrected chi connectivity index (χ1v) is 6.90. The molecule has 0 unspecified atom stereocenters. The maximum Gasteiger partial charge on any atom is 0.123 e. The minimum Gasteiger partial charge on any atom is -0.389 e. The number of aliphatic hydroxyl groups excluding tert-OH is 1. The first-order chi connectivity index (χ1) is 10.2. The fraction of sp³-hybridized carbons (Fsp3) is 0.176. The molecule has 0 spiro atoms. The van der Waals surface area contributed by atoms with E-state index < -0.39 is 6.10 Å². The summed E-state index contributed by atoms with van der Waals surface area (Å²) in [4.78, 5) is 0. The second-order valence-corrected chi connectivity index (χ2v) is 5.08. The van der Waals surface area contributed by atoms with Crippen molar-refractivity contribution in [1.82, 2.24) is 4.57 Å². The van der Waals surface area contributed by atoms with Crippen LogP contribution in [0, 0.1) is 5.82 Å². The minimum absolute atomic E-state index is 0.153. The summed E-state index contributed by atoms with van der Waals surface area (Å²) in [6, 6.07) is 15.9. The standard InChI is InChI=1S/C17H17FN2O/c18-14-6-7-15-13(10-14)8-9-20(15)17(16(21)11-19)12-4-2-1-3-5-12/h1-10,16-17,21H,11,19H2/t16-,17+/m1/s1. The quantitative estimate of drug-likeness (QED) is 0.774. The van der Waals surface area contributed by atoms with Crippen molar-refractivity contribution in [2.24, 2.45) is 5.73 Å². The number of fused-ring (bicyclic) bond motifs is 1. The average Bonchev–Trinajstić information content (AvgIpc) is 2.91. The third-order valence-corrected chi connectivity index (χ3v) is 3.73. The Balaban J connectivity index is 2.15. The van der Waals surface area contributed by atoms with Crippen molar-refractivity contribution in [2.45, 2.75) is 12.1 Å². The number of nitrogens with two attached hydrogens (primary N) is 1. The third kappa shape index (κ3) is 2.55. The number of hydrogen-bond donors (Lipinski definition) is 2. The molecule has 0 aliphatic heterocycles. The molecule has 0 radical (unpaired) electrons. The van der Waals surface area contributed by atoms with Crippen molar-refractivity contribution in [3.8, 4) is 0 Å². The van der Waals surface area contributed by atoms with Gasteiger partial charge in [0.05, 0.1) is 12.1 Å². The summed E-state index contributed by atoms with van der Waals surface area (Å²) in [7, 11) is 0. The lowest BCUT2D eigenvalue weighted by Gasteiger charge is -2.25. The van der Waals surface area contributed by atoms with Gasteiger partial charge in [-0.15, -0.1) is 0 Å². The van der Waals surface area contributed by atoms with Crippen LogP contribution in [0.1, 0.15) is 11.6 Å². The maximum atomic E-state index is 13.3. The van der Waals surface area contributed by atoms with Crippen LogP contribution in [0.4, 0.5) is 4.39 Å². The predicted octanol–water partition coefficient (Wildman–Crippen LogP) is 2.69. The summed E-state index contributed by atoms with van der Waals surface area (Å²) in [6.45, 7) is 0.153. The van der Waals surface area contributed by atoms with Crippen molar-refractivity contribution in [3.05, 3.63) is 72.2 Å². The fourth-order valence-corrected chi connectivity index (χ4v) is 2.72. The van der Waals surface area contributed by atoms with Crippen LogP contribution in [0.15, 0.2) is 60.8 Å². The third-order valence-electron chi connectivity index (χ3n) is 3.73. The van der Waals surface area contributed by atoms with Crippen LogP contribution in [0.3, 0.4) is 0 Å². The second kappa shape index (κ2) is 5.68. The van der Waals surface area contributed by atoms with Gasteiger partial charge in [-0.2, -0.15) is 0 Å². The lowest BCUT2D eigenvalue weighted by molar-refractivity contribution is 0.140. The van der Waals surface area contributed by atoms with Crippen LogP contribution < -0.4 is 5.73 Å². The van der Waals surface area contributed by atoms with E-state index in [1.807, 2.05) is 47.2 Å². The van der Waals surface area contributed by atoms with Gasteiger partial charge < -0.3 is 15.4 Å². The Labute approximate surface area is 122 Å². The average molecular weight is 284 g/mol. The van der Waals surface area contributed by atoms with Gasteiger partial charge in [-0.3, -0.25) is 0 Å². The van der Waals surface area contributed by atoms with E-state index in [0.29, 0.717) is 0 Å². The Morgan fingerprint density at radius 3 is 2.57 bits per heavy atom. The molecule has 2 aromatic carbocycles. The summed E-state index contributed by atoms with van der Waals surface area (Å²) >= 11 is 0. The summed E-state index contributed by atoms with van der Waals surface area (Å²) in [6.07, 6.45) is 1.15. The molecule has 1 heterocycles. The Morgan fingerprint density at radius 2 is 1.86 bits per heavy atom. The van der Waals surface area contributed by atoms with Gasteiger partial charge in [0.25, 0.3) is 0 Å². The molecule has 3 rings (SSSR count). The van der Waals surface area contributed by atoms with E-state index in [1.54, 1.807) is 6.07 Å². The molecule has 3 aromatic rings. The minimum atomic E-state index is -0.715. The normalized spacial score (nSPS) is 14.2. The number of nitrogens with zero attached hydrogens (tertiary/aromatic N) is 1. The Kier molecular flexibility index (Phi) is 3.73. The zero-order chi connectivity index (χ0) is 14.8. The van der Waals surface area contributed by atoms with Crippen LogP contribution in [-0.2, 0) is 0 Å². The fourth-order valence-electron chi connectivity index (χ4n) is 2.72. The summed E-state index contributed by atoms with van der Waals surface area (Å²) in [5.41, 5.74) is 7.50. The SMILES string of the molecule is NC[C@@H](O)[C@H](c1ccccc1)n1ccc2cc(F)ccc21. The van der Waals surface area contributed by atoms with Crippen LogP contribution in [0.5, 0.6) is 0 Å². The van der Waals surface area contributed by atoms with E-state index in [2.05, 4.69) is 0 Å². The Hall–Kier alpha value is -2.17. The van der Waals surface area contributed by atoms with Gasteiger partial charge >= 0.3 is 0 Å². The molecule has 3 nitrogen and oxygen atoms in total. The highest BCUT2D eigenvalue weighted by Gasteiger charge is 2.22. The first-order valence-electron chi connectivity index (χ1n) is 6.90. The van der Waals surface area contributed by atoms with Gasteiger partial charge in [0.1, 0.15) is 5.82 Å². The van der Waals surface area contributed by atoms with Gasteiger partial charge in [0.15, 0.2) is 0 Å². The highest BCUT2D eigenvalue weighted by atomic mass is 19.1. The molecule has 0 amide bonds. The monoisotopic (exact) mass is 284 g/mol. The number of halogens is 1. The van der Waals surface area contributed by atoms with Crippen LogP contribution in [0.25, 0.3) is 10.9 Å². The topological polar surface area (TPSA) is 51.2 Å². The van der Waals surface area contributed by atoms with Crippen molar-refractivity contribution < 1.29 is 9.50 Å². The molecule has 0 saturated heterocycles. The van der Waals surface area contributed by atoms with E-state index in [9.17, 15) is 9.50 Å². The van der Waals surface area contributed by atoms with E-state index in [0.717, 1.165) is 16.5 Å². The molecule has 3 N–H and O–H groups in total. The highest BCUT2D eigenvalue weighted by molar-refractivity contribution is 5.80. The number of rotatable bonds is 4. The number of hydrogen-bond acceptors (Lipinski definition) is 2. The van der Waals surface area contributed by atoms with Gasteiger partial charge in [0, 0.05) is 23.6 Å². The molecular formula is C17H17FN2O. The smallest absolute Gasteiger partial charge is 0.123 e.